The molecule has 4 nitrogen and oxygen atoms in total. The Morgan fingerprint density at radius 2 is 1.39 bits per heavy atom. The maximum atomic E-state index is 13.7. The molecule has 156 valence electrons. The van der Waals surface area contributed by atoms with E-state index >= 15 is 0 Å². The van der Waals surface area contributed by atoms with E-state index in [-0.39, 0.29) is 5.78 Å². The van der Waals surface area contributed by atoms with E-state index in [1.54, 1.807) is 12.1 Å². The highest BCUT2D eigenvalue weighted by Gasteiger charge is 2.40. The van der Waals surface area contributed by atoms with E-state index in [9.17, 15) is 9.59 Å². The molecule has 1 amide bonds. The minimum atomic E-state index is -0.825. The second-order valence-electron chi connectivity index (χ2n) is 8.51. The summed E-state index contributed by atoms with van der Waals surface area (Å²) in [5.74, 6) is -0.152. The summed E-state index contributed by atoms with van der Waals surface area (Å²) < 4.78 is 5.75. The van der Waals surface area contributed by atoms with Crippen molar-refractivity contribution in [3.63, 3.8) is 0 Å². The van der Waals surface area contributed by atoms with E-state index in [0.717, 1.165) is 16.7 Å². The van der Waals surface area contributed by atoms with Crippen molar-refractivity contribution in [2.75, 3.05) is 0 Å². The number of hydrogen-bond donors (Lipinski definition) is 0. The van der Waals surface area contributed by atoms with Crippen LogP contribution < -0.4 is 0 Å². The molecule has 0 aromatic heterocycles. The fraction of sp³-hybridized carbons (Fsp3) is 0.185. The number of amides is 1. The molecule has 1 aliphatic rings. The second kappa shape index (κ2) is 8.23. The van der Waals surface area contributed by atoms with Gasteiger partial charge in [0.25, 0.3) is 0 Å². The number of carbonyl (C=O) groups excluding carboxylic acids is 2. The Bertz CT molecular complexity index is 1130. The minimum absolute atomic E-state index is 0.152. The van der Waals surface area contributed by atoms with Gasteiger partial charge in [0, 0.05) is 5.56 Å². The van der Waals surface area contributed by atoms with Crippen LogP contribution in [0.2, 0.25) is 0 Å². The van der Waals surface area contributed by atoms with Crippen LogP contribution in [0, 0.1) is 0 Å². The molecule has 1 unspecified atom stereocenters. The van der Waals surface area contributed by atoms with Crippen molar-refractivity contribution >= 4 is 23.6 Å². The summed E-state index contributed by atoms with van der Waals surface area (Å²) >= 11 is 0. The Labute approximate surface area is 182 Å². The number of nitrogens with zero attached hydrogens (tertiary/aromatic N) is 1. The van der Waals surface area contributed by atoms with Gasteiger partial charge in [-0.25, -0.2) is 4.79 Å². The van der Waals surface area contributed by atoms with Crippen LogP contribution in [0.4, 0.5) is 4.79 Å². The third-order valence-electron chi connectivity index (χ3n) is 5.07. The first-order valence-corrected chi connectivity index (χ1v) is 10.3. The van der Waals surface area contributed by atoms with Crippen LogP contribution in [0.5, 0.6) is 0 Å². The normalized spacial score (nSPS) is 15.6. The van der Waals surface area contributed by atoms with Crippen LogP contribution in [0.3, 0.4) is 0 Å². The van der Waals surface area contributed by atoms with E-state index in [1.165, 1.54) is 4.90 Å². The Morgan fingerprint density at radius 1 is 0.806 bits per heavy atom. The topological polar surface area (TPSA) is 46.6 Å². The maximum absolute atomic E-state index is 13.7. The molecule has 1 atom stereocenters. The fourth-order valence-electron chi connectivity index (χ4n) is 3.75. The Hall–Kier alpha value is -3.66. The van der Waals surface area contributed by atoms with Gasteiger partial charge in [-0.2, -0.15) is 0 Å². The van der Waals surface area contributed by atoms with Gasteiger partial charge < -0.3 is 4.74 Å². The third kappa shape index (κ3) is 4.29. The quantitative estimate of drug-likeness (QED) is 0.471. The molecular formula is C27H25NO3. The molecule has 1 heterocycles. The first-order chi connectivity index (χ1) is 14.8. The van der Waals surface area contributed by atoms with Crippen LogP contribution in [0.15, 0.2) is 84.9 Å². The molecule has 0 fully saturated rings. The monoisotopic (exact) mass is 411 g/mol. The van der Waals surface area contributed by atoms with Crippen LogP contribution >= 0.6 is 0 Å². The molecule has 0 saturated carbocycles. The number of benzene rings is 3. The smallest absolute Gasteiger partial charge is 0.415 e. The number of ketones is 1. The van der Waals surface area contributed by atoms with Gasteiger partial charge in [0.2, 0.25) is 0 Å². The van der Waals surface area contributed by atoms with Gasteiger partial charge in [0.05, 0.1) is 5.70 Å². The highest BCUT2D eigenvalue weighted by atomic mass is 16.6. The highest BCUT2D eigenvalue weighted by molar-refractivity contribution is 6.07. The predicted molar refractivity (Wildman–Crippen MR) is 122 cm³/mol. The summed E-state index contributed by atoms with van der Waals surface area (Å²) in [4.78, 5) is 28.7. The van der Waals surface area contributed by atoms with E-state index in [4.69, 9.17) is 4.74 Å². The van der Waals surface area contributed by atoms with Crippen molar-refractivity contribution < 1.29 is 14.3 Å². The minimum Gasteiger partial charge on any atom is -0.443 e. The van der Waals surface area contributed by atoms with Crippen molar-refractivity contribution in [1.29, 1.82) is 0 Å². The van der Waals surface area contributed by atoms with Crippen LogP contribution in [-0.2, 0) is 4.74 Å². The summed E-state index contributed by atoms with van der Waals surface area (Å²) in [6, 6.07) is 25.6. The van der Waals surface area contributed by atoms with E-state index in [1.807, 2.05) is 99.6 Å². The van der Waals surface area contributed by atoms with Crippen molar-refractivity contribution in [3.05, 3.63) is 107 Å². The summed E-state index contributed by atoms with van der Waals surface area (Å²) in [5, 5.41) is 0. The van der Waals surface area contributed by atoms with Gasteiger partial charge in [0.15, 0.2) is 5.78 Å². The zero-order chi connectivity index (χ0) is 22.0. The SMILES string of the molecule is CC(C)(C)OC(=O)N1C(c2ccccc2)=Cc2ccccc2C1C(=O)c1ccccc1. The average Bonchev–Trinajstić information content (AvgIpc) is 2.77. The van der Waals surface area contributed by atoms with E-state index in [0.29, 0.717) is 11.3 Å². The molecule has 0 spiro atoms. The zero-order valence-electron chi connectivity index (χ0n) is 17.9. The van der Waals surface area contributed by atoms with Gasteiger partial charge in [0.1, 0.15) is 11.6 Å². The number of carbonyl (C=O) groups is 2. The van der Waals surface area contributed by atoms with Gasteiger partial charge in [-0.3, -0.25) is 9.69 Å². The largest absolute Gasteiger partial charge is 0.443 e. The lowest BCUT2D eigenvalue weighted by atomic mass is 9.87. The maximum Gasteiger partial charge on any atom is 0.415 e. The molecule has 3 aromatic carbocycles. The second-order valence-corrected chi connectivity index (χ2v) is 8.51. The summed E-state index contributed by atoms with van der Waals surface area (Å²) in [7, 11) is 0. The lowest BCUT2D eigenvalue weighted by Gasteiger charge is -2.38. The number of Topliss-reactive ketones (excluding diaryl/α,β-unsaturated/α-hetero) is 1. The van der Waals surface area contributed by atoms with Gasteiger partial charge in [-0.05, 0) is 43.5 Å². The molecule has 0 radical (unpaired) electrons. The molecule has 3 aromatic rings. The predicted octanol–water partition coefficient (Wildman–Crippen LogP) is 6.36. The molecular weight excluding hydrogens is 386 g/mol. The van der Waals surface area contributed by atoms with Crippen molar-refractivity contribution in [1.82, 2.24) is 4.90 Å². The zero-order valence-corrected chi connectivity index (χ0v) is 17.9. The molecule has 0 N–H and O–H groups in total. The average molecular weight is 412 g/mol. The van der Waals surface area contributed by atoms with Crippen molar-refractivity contribution in [2.45, 2.75) is 32.4 Å². The number of fused-ring (bicyclic) bond motifs is 1. The fourth-order valence-corrected chi connectivity index (χ4v) is 3.75. The first-order valence-electron chi connectivity index (χ1n) is 10.3. The Kier molecular flexibility index (Phi) is 5.47. The summed E-state index contributed by atoms with van der Waals surface area (Å²) in [6.45, 7) is 5.47. The number of ether oxygens (including phenoxy) is 1. The molecule has 1 aliphatic heterocycles. The molecule has 0 bridgehead atoms. The number of rotatable bonds is 3. The molecule has 31 heavy (non-hydrogen) atoms. The lowest BCUT2D eigenvalue weighted by Crippen LogP contribution is -2.42. The van der Waals surface area contributed by atoms with E-state index < -0.39 is 17.7 Å². The summed E-state index contributed by atoms with van der Waals surface area (Å²) in [6.07, 6.45) is 1.40. The van der Waals surface area contributed by atoms with Gasteiger partial charge in [-0.15, -0.1) is 0 Å². The van der Waals surface area contributed by atoms with E-state index in [2.05, 4.69) is 0 Å². The molecule has 0 saturated heterocycles. The Morgan fingerprint density at radius 3 is 2.03 bits per heavy atom. The molecule has 0 aliphatic carbocycles. The van der Waals surface area contributed by atoms with Crippen LogP contribution in [0.1, 0.15) is 53.9 Å². The van der Waals surface area contributed by atoms with Gasteiger partial charge >= 0.3 is 6.09 Å². The first kappa shape index (κ1) is 20.6. The standard InChI is InChI=1S/C27H25NO3/c1-27(2,3)31-26(30)28-23(19-12-6-4-7-13-19)18-21-16-10-11-17-22(21)24(28)25(29)20-14-8-5-9-15-20/h4-18,24H,1-3H3. The summed E-state index contributed by atoms with van der Waals surface area (Å²) in [5.41, 5.74) is 3.02. The van der Waals surface area contributed by atoms with Gasteiger partial charge in [-0.1, -0.05) is 84.9 Å². The lowest BCUT2D eigenvalue weighted by molar-refractivity contribution is 0.0279. The third-order valence-corrected chi connectivity index (χ3v) is 5.07. The van der Waals surface area contributed by atoms with Crippen molar-refractivity contribution in [2.24, 2.45) is 0 Å². The molecule has 4 rings (SSSR count). The number of hydrogen-bond acceptors (Lipinski definition) is 3. The highest BCUT2D eigenvalue weighted by Crippen LogP contribution is 2.41. The van der Waals surface area contributed by atoms with Crippen LogP contribution in [0.25, 0.3) is 11.8 Å². The van der Waals surface area contributed by atoms with Crippen molar-refractivity contribution in [3.8, 4) is 0 Å². The molecule has 4 heteroatoms. The Balaban J connectivity index is 1.92. The van der Waals surface area contributed by atoms with Crippen LogP contribution in [-0.4, -0.2) is 22.4 Å².